The second-order valence-corrected chi connectivity index (χ2v) is 1.82. The molecule has 0 aromatic carbocycles. The molecule has 2 atom stereocenters. The minimum Gasteiger partial charge on any atom is -0.395 e. The minimum absolute atomic E-state index is 0.144. The van der Waals surface area contributed by atoms with Gasteiger partial charge in [0.1, 0.15) is 0 Å². The Morgan fingerprint density at radius 1 is 1.62 bits per heavy atom. The molecule has 8 heavy (non-hydrogen) atoms. The summed E-state index contributed by atoms with van der Waals surface area (Å²) < 4.78 is 0. The van der Waals surface area contributed by atoms with Gasteiger partial charge in [-0.25, -0.2) is 0 Å². The zero-order chi connectivity index (χ0) is 6.57. The Kier molecular flexibility index (Phi) is 3.77. The number of rotatable bonds is 3. The highest BCUT2D eigenvalue weighted by Crippen LogP contribution is 1.92. The molecule has 0 rings (SSSR count). The highest BCUT2D eigenvalue weighted by Gasteiger charge is 2.09. The van der Waals surface area contributed by atoms with Gasteiger partial charge in [0.2, 0.25) is 0 Å². The van der Waals surface area contributed by atoms with E-state index in [-0.39, 0.29) is 6.61 Å². The SMILES string of the molecule is CC[C@H](O)[C@@H](N)CO. The van der Waals surface area contributed by atoms with Crippen molar-refractivity contribution in [3.8, 4) is 0 Å². The van der Waals surface area contributed by atoms with E-state index >= 15 is 0 Å². The van der Waals surface area contributed by atoms with Gasteiger partial charge in [-0.3, -0.25) is 0 Å². The van der Waals surface area contributed by atoms with Gasteiger partial charge in [0.25, 0.3) is 0 Å². The Balaban J connectivity index is 3.29. The Labute approximate surface area is 49.1 Å². The molecule has 4 N–H and O–H groups in total. The van der Waals surface area contributed by atoms with Crippen LogP contribution in [0.3, 0.4) is 0 Å². The van der Waals surface area contributed by atoms with Crippen LogP contribution in [-0.2, 0) is 0 Å². The van der Waals surface area contributed by atoms with Crippen LogP contribution >= 0.6 is 0 Å². The Morgan fingerprint density at radius 2 is 2.12 bits per heavy atom. The predicted molar refractivity (Wildman–Crippen MR) is 31.4 cm³/mol. The molecule has 0 aliphatic carbocycles. The fraction of sp³-hybridized carbons (Fsp3) is 1.00. The van der Waals surface area contributed by atoms with Crippen molar-refractivity contribution in [2.75, 3.05) is 6.61 Å². The molecule has 0 saturated heterocycles. The van der Waals surface area contributed by atoms with Crippen molar-refractivity contribution in [3.05, 3.63) is 0 Å². The maximum absolute atomic E-state index is 8.84. The van der Waals surface area contributed by atoms with Crippen LogP contribution in [0, 0.1) is 0 Å². The zero-order valence-electron chi connectivity index (χ0n) is 5.04. The van der Waals surface area contributed by atoms with Crippen LogP contribution in [0.4, 0.5) is 0 Å². The van der Waals surface area contributed by atoms with Crippen LogP contribution in [0.15, 0.2) is 0 Å². The summed E-state index contributed by atoms with van der Waals surface area (Å²) in [5.74, 6) is 0. The van der Waals surface area contributed by atoms with E-state index in [2.05, 4.69) is 0 Å². The van der Waals surface area contributed by atoms with Crippen LogP contribution in [0.5, 0.6) is 0 Å². The average Bonchev–Trinajstić information content (AvgIpc) is 1.84. The number of hydrogen-bond donors (Lipinski definition) is 3. The number of hydrogen-bond acceptors (Lipinski definition) is 3. The number of aliphatic hydroxyl groups excluding tert-OH is 2. The van der Waals surface area contributed by atoms with Gasteiger partial charge in [0.05, 0.1) is 18.8 Å². The third kappa shape index (κ3) is 2.26. The van der Waals surface area contributed by atoms with E-state index in [0.29, 0.717) is 6.42 Å². The first-order chi connectivity index (χ1) is 3.72. The van der Waals surface area contributed by atoms with Gasteiger partial charge in [-0.2, -0.15) is 0 Å². The van der Waals surface area contributed by atoms with E-state index in [9.17, 15) is 0 Å². The van der Waals surface area contributed by atoms with Gasteiger partial charge in [0, 0.05) is 0 Å². The second-order valence-electron chi connectivity index (χ2n) is 1.82. The maximum atomic E-state index is 8.84. The van der Waals surface area contributed by atoms with Crippen LogP contribution < -0.4 is 5.73 Å². The highest BCUT2D eigenvalue weighted by atomic mass is 16.3. The molecule has 0 heterocycles. The summed E-state index contributed by atoms with van der Waals surface area (Å²) in [6.45, 7) is 1.68. The summed E-state index contributed by atoms with van der Waals surface area (Å²) >= 11 is 0. The van der Waals surface area contributed by atoms with Gasteiger partial charge in [0.15, 0.2) is 0 Å². The predicted octanol–water partition coefficient (Wildman–Crippen LogP) is -0.923. The highest BCUT2D eigenvalue weighted by molar-refractivity contribution is 4.67. The zero-order valence-corrected chi connectivity index (χ0v) is 5.04. The molecule has 0 bridgehead atoms. The Hall–Kier alpha value is -0.120. The Morgan fingerprint density at radius 3 is 2.25 bits per heavy atom. The van der Waals surface area contributed by atoms with Gasteiger partial charge in [-0.15, -0.1) is 0 Å². The van der Waals surface area contributed by atoms with E-state index in [4.69, 9.17) is 15.9 Å². The molecule has 0 aliphatic heterocycles. The summed E-state index contributed by atoms with van der Waals surface area (Å²) in [4.78, 5) is 0. The summed E-state index contributed by atoms with van der Waals surface area (Å²) in [5.41, 5.74) is 5.23. The topological polar surface area (TPSA) is 66.5 Å². The molecular weight excluding hydrogens is 106 g/mol. The molecule has 0 unspecified atom stereocenters. The largest absolute Gasteiger partial charge is 0.395 e. The second kappa shape index (κ2) is 3.83. The van der Waals surface area contributed by atoms with E-state index in [1.165, 1.54) is 0 Å². The van der Waals surface area contributed by atoms with E-state index in [1.54, 1.807) is 0 Å². The van der Waals surface area contributed by atoms with Crippen molar-refractivity contribution >= 4 is 0 Å². The summed E-state index contributed by atoms with van der Waals surface area (Å²) in [6.07, 6.45) is 0.0434. The fourth-order valence-corrected chi connectivity index (χ4v) is 0.424. The quantitative estimate of drug-likeness (QED) is 0.450. The number of aliphatic hydroxyl groups is 2. The average molecular weight is 119 g/mol. The molecule has 0 amide bonds. The normalized spacial score (nSPS) is 18.0. The van der Waals surface area contributed by atoms with E-state index in [0.717, 1.165) is 0 Å². The molecule has 3 heteroatoms. The summed E-state index contributed by atoms with van der Waals surface area (Å²) in [5, 5.41) is 17.2. The van der Waals surface area contributed by atoms with Crippen molar-refractivity contribution < 1.29 is 10.2 Å². The van der Waals surface area contributed by atoms with Gasteiger partial charge in [-0.1, -0.05) is 6.92 Å². The lowest BCUT2D eigenvalue weighted by Crippen LogP contribution is -2.37. The van der Waals surface area contributed by atoms with Crippen molar-refractivity contribution in [2.45, 2.75) is 25.5 Å². The van der Waals surface area contributed by atoms with Crippen LogP contribution in [0.25, 0.3) is 0 Å². The standard InChI is InChI=1S/C5H13NO2/c1-2-5(8)4(6)3-7/h4-5,7-8H,2-3,6H2,1H3/t4-,5-/m0/s1. The first-order valence-electron chi connectivity index (χ1n) is 2.76. The molecule has 50 valence electrons. The first kappa shape index (κ1) is 7.88. The fourth-order valence-electron chi connectivity index (χ4n) is 0.424. The van der Waals surface area contributed by atoms with Crippen LogP contribution in [0.1, 0.15) is 13.3 Å². The first-order valence-corrected chi connectivity index (χ1v) is 2.76. The van der Waals surface area contributed by atoms with E-state index < -0.39 is 12.1 Å². The van der Waals surface area contributed by atoms with Crippen LogP contribution in [0.2, 0.25) is 0 Å². The van der Waals surface area contributed by atoms with Crippen molar-refractivity contribution in [1.82, 2.24) is 0 Å². The summed E-state index contributed by atoms with van der Waals surface area (Å²) in [7, 11) is 0. The van der Waals surface area contributed by atoms with Crippen molar-refractivity contribution in [3.63, 3.8) is 0 Å². The molecule has 0 radical (unpaired) electrons. The third-order valence-electron chi connectivity index (χ3n) is 1.12. The molecular formula is C5H13NO2. The van der Waals surface area contributed by atoms with Gasteiger partial charge in [-0.05, 0) is 6.42 Å². The van der Waals surface area contributed by atoms with Crippen molar-refractivity contribution in [1.29, 1.82) is 0 Å². The minimum atomic E-state index is -0.556. The summed E-state index contributed by atoms with van der Waals surface area (Å²) in [6, 6.07) is -0.472. The van der Waals surface area contributed by atoms with Gasteiger partial charge >= 0.3 is 0 Å². The van der Waals surface area contributed by atoms with Crippen molar-refractivity contribution in [2.24, 2.45) is 5.73 Å². The van der Waals surface area contributed by atoms with Crippen LogP contribution in [-0.4, -0.2) is 29.0 Å². The lowest BCUT2D eigenvalue weighted by atomic mass is 10.1. The third-order valence-corrected chi connectivity index (χ3v) is 1.12. The lowest BCUT2D eigenvalue weighted by Gasteiger charge is -2.12. The molecule has 3 nitrogen and oxygen atoms in total. The molecule has 0 fully saturated rings. The number of nitrogens with two attached hydrogens (primary N) is 1. The van der Waals surface area contributed by atoms with E-state index in [1.807, 2.05) is 6.92 Å². The smallest absolute Gasteiger partial charge is 0.0710 e. The van der Waals surface area contributed by atoms with Gasteiger partial charge < -0.3 is 15.9 Å². The molecule has 0 aromatic rings. The lowest BCUT2D eigenvalue weighted by molar-refractivity contribution is 0.106. The molecule has 0 spiro atoms. The molecule has 0 aromatic heterocycles. The molecule has 0 aliphatic rings. The maximum Gasteiger partial charge on any atom is 0.0710 e. The Bertz CT molecular complexity index is 50.4. The molecule has 0 saturated carbocycles. The monoisotopic (exact) mass is 119 g/mol.